The van der Waals surface area contributed by atoms with Gasteiger partial charge in [-0.2, -0.15) is 0 Å². The molecule has 7 heteroatoms. The van der Waals surface area contributed by atoms with E-state index in [0.29, 0.717) is 23.1 Å². The Morgan fingerprint density at radius 1 is 0.963 bits per heavy atom. The average Bonchev–Trinajstić information content (AvgIpc) is 3.15. The highest BCUT2D eigenvalue weighted by molar-refractivity contribution is 5.76. The molecule has 0 aliphatic rings. The molecule has 134 valence electrons. The lowest BCUT2D eigenvalue weighted by Gasteiger charge is -2.14. The van der Waals surface area contributed by atoms with Crippen LogP contribution in [-0.4, -0.2) is 24.9 Å². The number of anilines is 1. The number of aromatic nitrogens is 5. The molecule has 4 rings (SSSR count). The van der Waals surface area contributed by atoms with Crippen LogP contribution in [0.2, 0.25) is 0 Å². The second-order valence-electron chi connectivity index (χ2n) is 6.08. The van der Waals surface area contributed by atoms with Crippen LogP contribution in [0.4, 0.5) is 5.95 Å². The largest absolute Gasteiger partial charge is 0.460 e. The zero-order chi connectivity index (χ0) is 18.6. The minimum absolute atomic E-state index is 0.0419. The Labute approximate surface area is 156 Å². The Morgan fingerprint density at radius 3 is 2.59 bits per heavy atom. The van der Waals surface area contributed by atoms with Crippen LogP contribution < -0.4 is 5.32 Å². The second kappa shape index (κ2) is 7.33. The predicted molar refractivity (Wildman–Crippen MR) is 102 cm³/mol. The first kappa shape index (κ1) is 16.8. The highest BCUT2D eigenvalue weighted by Crippen LogP contribution is 2.31. The van der Waals surface area contributed by atoms with E-state index in [1.54, 1.807) is 31.0 Å². The number of furan rings is 1. The van der Waals surface area contributed by atoms with Crippen molar-refractivity contribution in [3.63, 3.8) is 0 Å². The Bertz CT molecular complexity index is 1030. The molecule has 0 aliphatic heterocycles. The minimum Gasteiger partial charge on any atom is -0.460 e. The van der Waals surface area contributed by atoms with Gasteiger partial charge in [-0.05, 0) is 38.1 Å². The van der Waals surface area contributed by atoms with Crippen molar-refractivity contribution < 1.29 is 4.42 Å². The van der Waals surface area contributed by atoms with Crippen LogP contribution in [0.3, 0.4) is 0 Å². The number of nitrogens with one attached hydrogen (secondary N) is 1. The third-order valence-electron chi connectivity index (χ3n) is 4.08. The van der Waals surface area contributed by atoms with E-state index in [9.17, 15) is 0 Å². The van der Waals surface area contributed by atoms with E-state index in [1.807, 2.05) is 44.2 Å². The second-order valence-corrected chi connectivity index (χ2v) is 6.08. The van der Waals surface area contributed by atoms with Crippen LogP contribution >= 0.6 is 0 Å². The van der Waals surface area contributed by atoms with Crippen molar-refractivity contribution in [2.75, 3.05) is 5.32 Å². The Morgan fingerprint density at radius 2 is 1.89 bits per heavy atom. The molecule has 0 radical (unpaired) electrons. The van der Waals surface area contributed by atoms with Gasteiger partial charge in [-0.3, -0.25) is 15.0 Å². The summed E-state index contributed by atoms with van der Waals surface area (Å²) in [4.78, 5) is 22.0. The maximum atomic E-state index is 5.80. The van der Waals surface area contributed by atoms with E-state index in [-0.39, 0.29) is 6.04 Å². The first-order valence-corrected chi connectivity index (χ1v) is 8.58. The molecule has 0 spiro atoms. The van der Waals surface area contributed by atoms with Gasteiger partial charge in [0.15, 0.2) is 5.76 Å². The molecule has 7 nitrogen and oxygen atoms in total. The predicted octanol–water partition coefficient (Wildman–Crippen LogP) is 4.07. The molecule has 0 unspecified atom stereocenters. The molecule has 4 aromatic rings. The van der Waals surface area contributed by atoms with Crippen molar-refractivity contribution >= 4 is 5.95 Å². The number of aryl methyl sites for hydroxylation is 1. The first-order chi connectivity index (χ1) is 13.2. The summed E-state index contributed by atoms with van der Waals surface area (Å²) in [6.45, 7) is 3.91. The van der Waals surface area contributed by atoms with Gasteiger partial charge < -0.3 is 9.73 Å². The van der Waals surface area contributed by atoms with E-state index in [2.05, 4.69) is 30.2 Å². The van der Waals surface area contributed by atoms with Crippen molar-refractivity contribution in [2.45, 2.75) is 19.9 Å². The number of pyridine rings is 1. The van der Waals surface area contributed by atoms with Gasteiger partial charge in [0.25, 0.3) is 0 Å². The molecule has 1 atom stereocenters. The molecule has 0 bridgehead atoms. The smallest absolute Gasteiger partial charge is 0.223 e. The molecular formula is C20H18N6O. The van der Waals surface area contributed by atoms with Gasteiger partial charge in [0.1, 0.15) is 11.5 Å². The van der Waals surface area contributed by atoms with Gasteiger partial charge in [0.05, 0.1) is 23.6 Å². The van der Waals surface area contributed by atoms with Gasteiger partial charge in [-0.25, -0.2) is 9.97 Å². The lowest BCUT2D eigenvalue weighted by Crippen LogP contribution is -2.11. The summed E-state index contributed by atoms with van der Waals surface area (Å²) in [6, 6.07) is 9.56. The highest BCUT2D eigenvalue weighted by atomic mass is 16.3. The van der Waals surface area contributed by atoms with Crippen LogP contribution in [0.1, 0.15) is 24.4 Å². The third-order valence-corrected chi connectivity index (χ3v) is 4.08. The molecule has 27 heavy (non-hydrogen) atoms. The molecule has 0 aliphatic carbocycles. The Balaban J connectivity index is 1.73. The third kappa shape index (κ3) is 3.67. The normalized spacial score (nSPS) is 11.9. The van der Waals surface area contributed by atoms with Gasteiger partial charge in [-0.15, -0.1) is 0 Å². The number of hydrogen-bond acceptors (Lipinski definition) is 7. The highest BCUT2D eigenvalue weighted by Gasteiger charge is 2.17. The molecule has 0 fully saturated rings. The molecule has 0 aromatic carbocycles. The Hall–Kier alpha value is -3.61. The molecule has 4 heterocycles. The number of rotatable bonds is 5. The molecule has 4 aromatic heterocycles. The SMILES string of the molecule is Cc1ccc(-c2nc(N[C@@H](C)c3ccccn3)ncc2-c2cnccn2)o1. The quantitative estimate of drug-likeness (QED) is 0.575. The minimum atomic E-state index is -0.0419. The summed E-state index contributed by atoms with van der Waals surface area (Å²) >= 11 is 0. The summed E-state index contributed by atoms with van der Waals surface area (Å²) in [7, 11) is 0. The zero-order valence-electron chi connectivity index (χ0n) is 15.0. The van der Waals surface area contributed by atoms with E-state index >= 15 is 0 Å². The standard InChI is InChI=1S/C20H18N6O/c1-13-6-7-18(27-13)19-15(17-12-21-9-10-23-17)11-24-20(26-19)25-14(2)16-5-3-4-8-22-16/h3-12,14H,1-2H3,(H,24,25,26)/t14-/m0/s1. The van der Waals surface area contributed by atoms with E-state index in [0.717, 1.165) is 17.0 Å². The number of hydrogen-bond donors (Lipinski definition) is 1. The molecular weight excluding hydrogens is 340 g/mol. The fourth-order valence-electron chi connectivity index (χ4n) is 2.73. The van der Waals surface area contributed by atoms with E-state index in [4.69, 9.17) is 4.42 Å². The van der Waals surface area contributed by atoms with Crippen molar-refractivity contribution in [3.8, 4) is 22.7 Å². The molecule has 0 saturated carbocycles. The zero-order valence-corrected chi connectivity index (χ0v) is 15.0. The van der Waals surface area contributed by atoms with Crippen molar-refractivity contribution in [1.29, 1.82) is 0 Å². The summed E-state index contributed by atoms with van der Waals surface area (Å²) in [5.41, 5.74) is 3.02. The van der Waals surface area contributed by atoms with Gasteiger partial charge in [0.2, 0.25) is 5.95 Å². The van der Waals surface area contributed by atoms with Gasteiger partial charge >= 0.3 is 0 Å². The summed E-state index contributed by atoms with van der Waals surface area (Å²) in [5.74, 6) is 1.96. The maximum absolute atomic E-state index is 5.80. The van der Waals surface area contributed by atoms with Crippen LogP contribution in [0.25, 0.3) is 22.7 Å². The molecule has 0 saturated heterocycles. The fourth-order valence-corrected chi connectivity index (χ4v) is 2.73. The lowest BCUT2D eigenvalue weighted by atomic mass is 10.1. The lowest BCUT2D eigenvalue weighted by molar-refractivity contribution is 0.546. The van der Waals surface area contributed by atoms with Gasteiger partial charge in [-0.1, -0.05) is 6.07 Å². The first-order valence-electron chi connectivity index (χ1n) is 8.58. The van der Waals surface area contributed by atoms with E-state index < -0.39 is 0 Å². The van der Waals surface area contributed by atoms with Crippen molar-refractivity contribution in [3.05, 3.63) is 72.8 Å². The van der Waals surface area contributed by atoms with Crippen LogP contribution in [-0.2, 0) is 0 Å². The number of nitrogens with zero attached hydrogens (tertiary/aromatic N) is 5. The molecule has 1 N–H and O–H groups in total. The van der Waals surface area contributed by atoms with Crippen LogP contribution in [0, 0.1) is 6.92 Å². The average molecular weight is 358 g/mol. The van der Waals surface area contributed by atoms with Crippen molar-refractivity contribution in [2.24, 2.45) is 0 Å². The van der Waals surface area contributed by atoms with Gasteiger partial charge in [0, 0.05) is 30.4 Å². The van der Waals surface area contributed by atoms with Crippen molar-refractivity contribution in [1.82, 2.24) is 24.9 Å². The maximum Gasteiger partial charge on any atom is 0.223 e. The fraction of sp³-hybridized carbons (Fsp3) is 0.150. The topological polar surface area (TPSA) is 89.6 Å². The summed E-state index contributed by atoms with van der Waals surface area (Å²) in [6.07, 6.45) is 8.45. The Kier molecular flexibility index (Phi) is 4.57. The van der Waals surface area contributed by atoms with E-state index in [1.165, 1.54) is 0 Å². The van der Waals surface area contributed by atoms with Crippen LogP contribution in [0.15, 0.2) is 65.7 Å². The summed E-state index contributed by atoms with van der Waals surface area (Å²) in [5, 5.41) is 3.29. The van der Waals surface area contributed by atoms with Crippen LogP contribution in [0.5, 0.6) is 0 Å². The monoisotopic (exact) mass is 358 g/mol. The summed E-state index contributed by atoms with van der Waals surface area (Å²) < 4.78 is 5.80. The molecule has 0 amide bonds.